The van der Waals surface area contributed by atoms with Gasteiger partial charge in [-0.3, -0.25) is 9.59 Å². The smallest absolute Gasteiger partial charge is 0.308 e. The van der Waals surface area contributed by atoms with E-state index in [0.717, 1.165) is 12.8 Å². The molecule has 0 bridgehead atoms. The van der Waals surface area contributed by atoms with E-state index in [9.17, 15) is 14.0 Å². The molecule has 0 saturated heterocycles. The fourth-order valence-electron chi connectivity index (χ4n) is 2.17. The lowest BCUT2D eigenvalue weighted by Gasteiger charge is -2.24. The number of halogens is 2. The molecule has 6 heteroatoms. The Hall–Kier alpha value is -1.62. The first-order valence-corrected chi connectivity index (χ1v) is 7.23. The third kappa shape index (κ3) is 3.94. The van der Waals surface area contributed by atoms with Gasteiger partial charge in [0.2, 0.25) is 5.91 Å². The van der Waals surface area contributed by atoms with Crippen LogP contribution < -0.4 is 0 Å². The van der Waals surface area contributed by atoms with E-state index in [0.29, 0.717) is 0 Å². The molecule has 1 aliphatic rings. The second-order valence-electron chi connectivity index (χ2n) is 5.39. The summed E-state index contributed by atoms with van der Waals surface area (Å²) in [5, 5.41) is 9.19. The van der Waals surface area contributed by atoms with Crippen molar-refractivity contribution in [3.8, 4) is 0 Å². The highest BCUT2D eigenvalue weighted by atomic mass is 35.5. The van der Waals surface area contributed by atoms with Gasteiger partial charge in [-0.15, -0.1) is 0 Å². The van der Waals surface area contributed by atoms with E-state index in [1.54, 1.807) is 11.8 Å². The number of amides is 1. The Kier molecular flexibility index (Phi) is 4.83. The molecule has 0 spiro atoms. The molecule has 1 aromatic carbocycles. The number of hydrogen-bond donors (Lipinski definition) is 1. The van der Waals surface area contributed by atoms with Crippen LogP contribution in [-0.2, 0) is 16.0 Å². The van der Waals surface area contributed by atoms with Crippen LogP contribution in [0.4, 0.5) is 4.39 Å². The van der Waals surface area contributed by atoms with Crippen molar-refractivity contribution in [3.63, 3.8) is 0 Å². The van der Waals surface area contributed by atoms with Crippen molar-refractivity contribution in [1.29, 1.82) is 0 Å². The first-order chi connectivity index (χ1) is 9.90. The van der Waals surface area contributed by atoms with Crippen molar-refractivity contribution < 1.29 is 19.1 Å². The minimum atomic E-state index is -0.947. The molecule has 0 aromatic heterocycles. The average Bonchev–Trinajstić information content (AvgIpc) is 3.24. The molecule has 114 valence electrons. The minimum absolute atomic E-state index is 0.0739. The SMILES string of the molecule is C[C@@H](CN(C(=O)Cc1c(F)cccc1Cl)C1CC1)C(=O)O. The molecule has 1 aliphatic carbocycles. The number of hydrogen-bond acceptors (Lipinski definition) is 2. The van der Waals surface area contributed by atoms with Crippen molar-refractivity contribution in [2.75, 3.05) is 6.54 Å². The summed E-state index contributed by atoms with van der Waals surface area (Å²) in [6.07, 6.45) is 1.58. The van der Waals surface area contributed by atoms with Gasteiger partial charge in [0.1, 0.15) is 5.82 Å². The van der Waals surface area contributed by atoms with Crippen LogP contribution in [0.5, 0.6) is 0 Å². The van der Waals surface area contributed by atoms with Crippen molar-refractivity contribution in [2.24, 2.45) is 5.92 Å². The fraction of sp³-hybridized carbons (Fsp3) is 0.467. The Morgan fingerprint density at radius 1 is 1.48 bits per heavy atom. The molecular weight excluding hydrogens is 297 g/mol. The number of carbonyl (C=O) groups is 2. The van der Waals surface area contributed by atoms with Gasteiger partial charge in [0.15, 0.2) is 0 Å². The first kappa shape index (κ1) is 15.8. The van der Waals surface area contributed by atoms with Crippen molar-refractivity contribution in [1.82, 2.24) is 4.90 Å². The summed E-state index contributed by atoms with van der Waals surface area (Å²) in [5.41, 5.74) is 0.165. The average molecular weight is 314 g/mol. The van der Waals surface area contributed by atoms with Gasteiger partial charge in [-0.1, -0.05) is 24.6 Å². The van der Waals surface area contributed by atoms with Gasteiger partial charge in [-0.2, -0.15) is 0 Å². The molecule has 2 rings (SSSR count). The summed E-state index contributed by atoms with van der Waals surface area (Å²) in [4.78, 5) is 24.9. The number of nitrogens with zero attached hydrogens (tertiary/aromatic N) is 1. The maximum Gasteiger partial charge on any atom is 0.308 e. The summed E-state index contributed by atoms with van der Waals surface area (Å²) in [6.45, 7) is 1.70. The number of carbonyl (C=O) groups excluding carboxylic acids is 1. The molecular formula is C15H17ClFNO3. The zero-order valence-electron chi connectivity index (χ0n) is 11.7. The standard InChI is InChI=1S/C15H17ClFNO3/c1-9(15(20)21)8-18(10-5-6-10)14(19)7-11-12(16)3-2-4-13(11)17/h2-4,9-10H,5-8H2,1H3,(H,20,21)/t9-/m0/s1. The summed E-state index contributed by atoms with van der Waals surface area (Å²) in [6, 6.07) is 4.35. The topological polar surface area (TPSA) is 57.6 Å². The molecule has 0 aliphatic heterocycles. The number of rotatable bonds is 6. The molecule has 0 unspecified atom stereocenters. The Morgan fingerprint density at radius 2 is 2.14 bits per heavy atom. The molecule has 0 radical (unpaired) electrons. The van der Waals surface area contributed by atoms with Crippen LogP contribution in [0, 0.1) is 11.7 Å². The van der Waals surface area contributed by atoms with E-state index in [1.165, 1.54) is 18.2 Å². The Labute approximate surface area is 127 Å². The van der Waals surface area contributed by atoms with Crippen LogP contribution in [0.2, 0.25) is 5.02 Å². The quantitative estimate of drug-likeness (QED) is 0.878. The maximum absolute atomic E-state index is 13.7. The van der Waals surface area contributed by atoms with Crippen molar-refractivity contribution >= 4 is 23.5 Å². The third-order valence-corrected chi connectivity index (χ3v) is 3.94. The molecule has 1 saturated carbocycles. The van der Waals surface area contributed by atoms with Gasteiger partial charge < -0.3 is 10.0 Å². The zero-order chi connectivity index (χ0) is 15.6. The molecule has 1 aromatic rings. The molecule has 1 amide bonds. The lowest BCUT2D eigenvalue weighted by Crippen LogP contribution is -2.39. The molecule has 21 heavy (non-hydrogen) atoms. The van der Waals surface area contributed by atoms with Crippen LogP contribution in [-0.4, -0.2) is 34.5 Å². The third-order valence-electron chi connectivity index (χ3n) is 3.59. The number of carboxylic acid groups (broad SMARTS) is 1. The lowest BCUT2D eigenvalue weighted by molar-refractivity contribution is -0.143. The highest BCUT2D eigenvalue weighted by molar-refractivity contribution is 6.31. The normalized spacial score (nSPS) is 15.6. The Morgan fingerprint density at radius 3 is 2.67 bits per heavy atom. The van der Waals surface area contributed by atoms with E-state index < -0.39 is 17.7 Å². The summed E-state index contributed by atoms with van der Waals surface area (Å²) < 4.78 is 13.7. The largest absolute Gasteiger partial charge is 0.481 e. The molecule has 1 atom stereocenters. The predicted molar refractivity (Wildman–Crippen MR) is 76.6 cm³/mol. The van der Waals surface area contributed by atoms with Gasteiger partial charge in [-0.25, -0.2) is 4.39 Å². The van der Waals surface area contributed by atoms with Crippen LogP contribution >= 0.6 is 11.6 Å². The van der Waals surface area contributed by atoms with E-state index >= 15 is 0 Å². The summed E-state index contributed by atoms with van der Waals surface area (Å²) in [5.74, 6) is -2.39. The number of aliphatic carboxylic acids is 1. The number of benzene rings is 1. The van der Waals surface area contributed by atoms with Gasteiger partial charge in [0.05, 0.1) is 12.3 Å². The second-order valence-corrected chi connectivity index (χ2v) is 5.80. The summed E-state index contributed by atoms with van der Waals surface area (Å²) >= 11 is 5.92. The van der Waals surface area contributed by atoms with E-state index in [2.05, 4.69) is 0 Å². The van der Waals surface area contributed by atoms with Crippen molar-refractivity contribution in [3.05, 3.63) is 34.6 Å². The predicted octanol–water partition coefficient (Wildman–Crippen LogP) is 2.73. The van der Waals surface area contributed by atoms with E-state index in [1.807, 2.05) is 0 Å². The van der Waals surface area contributed by atoms with Crippen LogP contribution in [0.3, 0.4) is 0 Å². The number of carboxylic acids is 1. The Bertz CT molecular complexity index is 540. The molecule has 1 fully saturated rings. The minimum Gasteiger partial charge on any atom is -0.481 e. The zero-order valence-corrected chi connectivity index (χ0v) is 12.4. The molecule has 1 N–H and O–H groups in total. The second kappa shape index (κ2) is 6.43. The maximum atomic E-state index is 13.7. The highest BCUT2D eigenvalue weighted by Gasteiger charge is 2.34. The molecule has 4 nitrogen and oxygen atoms in total. The highest BCUT2D eigenvalue weighted by Crippen LogP contribution is 2.29. The van der Waals surface area contributed by atoms with E-state index in [4.69, 9.17) is 16.7 Å². The van der Waals surface area contributed by atoms with Crippen LogP contribution in [0.25, 0.3) is 0 Å². The van der Waals surface area contributed by atoms with Gasteiger partial charge >= 0.3 is 5.97 Å². The van der Waals surface area contributed by atoms with Gasteiger partial charge in [0.25, 0.3) is 0 Å². The fourth-order valence-corrected chi connectivity index (χ4v) is 2.40. The van der Waals surface area contributed by atoms with Crippen LogP contribution in [0.1, 0.15) is 25.3 Å². The molecule has 0 heterocycles. The first-order valence-electron chi connectivity index (χ1n) is 6.85. The van der Waals surface area contributed by atoms with E-state index in [-0.39, 0.29) is 35.5 Å². The van der Waals surface area contributed by atoms with Crippen molar-refractivity contribution in [2.45, 2.75) is 32.2 Å². The van der Waals surface area contributed by atoms with Crippen LogP contribution in [0.15, 0.2) is 18.2 Å². The summed E-state index contributed by atoms with van der Waals surface area (Å²) in [7, 11) is 0. The lowest BCUT2D eigenvalue weighted by atomic mass is 10.1. The monoisotopic (exact) mass is 313 g/mol. The van der Waals surface area contributed by atoms with Gasteiger partial charge in [-0.05, 0) is 25.0 Å². The van der Waals surface area contributed by atoms with Gasteiger partial charge in [0, 0.05) is 23.2 Å². The Balaban J connectivity index is 2.10.